The first kappa shape index (κ1) is 22.6. The number of carbonyl (C=O) groups excluding carboxylic acids is 2. The van der Waals surface area contributed by atoms with E-state index in [1.54, 1.807) is 43.3 Å². The standard InChI is InChI=1S/C22H22N4O6S/c1-2-26-20(27)17(33-22(26)30)11-14-3-5-15(6-4-14)31-18-12-19(24-13-23-18)32-16-7-9-25(10-8-16)21(28)29/h3-6,11-13,16H,2,7-10H2,1H3,(H,28,29)/b17-11-. The van der Waals surface area contributed by atoms with Crippen molar-refractivity contribution in [1.29, 1.82) is 0 Å². The van der Waals surface area contributed by atoms with Crippen molar-refractivity contribution in [1.82, 2.24) is 19.8 Å². The zero-order valence-corrected chi connectivity index (χ0v) is 18.7. The molecule has 2 aromatic rings. The zero-order chi connectivity index (χ0) is 23.4. The summed E-state index contributed by atoms with van der Waals surface area (Å²) in [5, 5.41) is 8.77. The lowest BCUT2D eigenvalue weighted by molar-refractivity contribution is -0.122. The minimum Gasteiger partial charge on any atom is -0.474 e. The van der Waals surface area contributed by atoms with E-state index in [1.807, 2.05) is 0 Å². The molecule has 10 nitrogen and oxygen atoms in total. The van der Waals surface area contributed by atoms with Crippen LogP contribution >= 0.6 is 11.8 Å². The molecule has 11 heteroatoms. The molecular weight excluding hydrogens is 448 g/mol. The highest BCUT2D eigenvalue weighted by atomic mass is 32.2. The van der Waals surface area contributed by atoms with Gasteiger partial charge in [0.15, 0.2) is 0 Å². The first-order valence-corrected chi connectivity index (χ1v) is 11.2. The first-order chi connectivity index (χ1) is 15.9. The molecule has 2 saturated heterocycles. The van der Waals surface area contributed by atoms with Gasteiger partial charge in [-0.05, 0) is 42.5 Å². The van der Waals surface area contributed by atoms with E-state index in [9.17, 15) is 14.4 Å². The van der Waals surface area contributed by atoms with Crippen LogP contribution in [0.4, 0.5) is 9.59 Å². The van der Waals surface area contributed by atoms with Crippen LogP contribution in [-0.4, -0.2) is 67.9 Å². The van der Waals surface area contributed by atoms with Crippen LogP contribution in [0.25, 0.3) is 6.08 Å². The fourth-order valence-electron chi connectivity index (χ4n) is 3.46. The summed E-state index contributed by atoms with van der Waals surface area (Å²) in [6.45, 7) is 2.95. The van der Waals surface area contributed by atoms with E-state index in [0.29, 0.717) is 54.9 Å². The Morgan fingerprint density at radius 2 is 1.88 bits per heavy atom. The van der Waals surface area contributed by atoms with Crippen molar-refractivity contribution in [3.8, 4) is 17.5 Å². The summed E-state index contributed by atoms with van der Waals surface area (Å²) in [5.41, 5.74) is 0.767. The summed E-state index contributed by atoms with van der Waals surface area (Å²) in [4.78, 5) is 46.2. The lowest BCUT2D eigenvalue weighted by atomic mass is 10.1. The molecule has 0 bridgehead atoms. The van der Waals surface area contributed by atoms with Crippen LogP contribution in [0.5, 0.6) is 17.5 Å². The third-order valence-corrected chi connectivity index (χ3v) is 6.11. The fourth-order valence-corrected chi connectivity index (χ4v) is 4.36. The molecule has 0 radical (unpaired) electrons. The number of piperidine rings is 1. The monoisotopic (exact) mass is 470 g/mol. The number of amides is 3. The number of likely N-dealkylation sites (N-methyl/N-ethyl adjacent to an activating group) is 1. The quantitative estimate of drug-likeness (QED) is 0.627. The van der Waals surface area contributed by atoms with Gasteiger partial charge in [-0.3, -0.25) is 14.5 Å². The van der Waals surface area contributed by atoms with Gasteiger partial charge in [-0.1, -0.05) is 12.1 Å². The molecular formula is C22H22N4O6S. The largest absolute Gasteiger partial charge is 0.474 e. The lowest BCUT2D eigenvalue weighted by Crippen LogP contribution is -2.41. The van der Waals surface area contributed by atoms with E-state index < -0.39 is 6.09 Å². The van der Waals surface area contributed by atoms with E-state index in [0.717, 1.165) is 17.3 Å². The van der Waals surface area contributed by atoms with Gasteiger partial charge in [-0.25, -0.2) is 14.8 Å². The van der Waals surface area contributed by atoms with Crippen LogP contribution in [0.2, 0.25) is 0 Å². The minimum absolute atomic E-state index is 0.123. The van der Waals surface area contributed by atoms with Crippen LogP contribution in [0.15, 0.2) is 41.6 Å². The second kappa shape index (κ2) is 9.90. The number of aromatic nitrogens is 2. The van der Waals surface area contributed by atoms with Crippen molar-refractivity contribution in [2.45, 2.75) is 25.9 Å². The topological polar surface area (TPSA) is 122 Å². The van der Waals surface area contributed by atoms with E-state index in [4.69, 9.17) is 14.6 Å². The Hall–Kier alpha value is -3.60. The van der Waals surface area contributed by atoms with E-state index in [1.165, 1.54) is 16.1 Å². The predicted octanol–water partition coefficient (Wildman–Crippen LogP) is 3.85. The SMILES string of the molecule is CCN1C(=O)S/C(=C\c2ccc(Oc3cc(OC4CCN(C(=O)O)CC4)ncn3)cc2)C1=O. The summed E-state index contributed by atoms with van der Waals surface area (Å²) in [5.74, 6) is 0.917. The van der Waals surface area contributed by atoms with Gasteiger partial charge in [0.25, 0.3) is 11.1 Å². The van der Waals surface area contributed by atoms with Gasteiger partial charge in [0, 0.05) is 32.5 Å². The molecule has 0 aliphatic carbocycles. The summed E-state index contributed by atoms with van der Waals surface area (Å²) >= 11 is 0.930. The number of hydrogen-bond acceptors (Lipinski definition) is 8. The number of carbonyl (C=O) groups is 3. The van der Waals surface area contributed by atoms with Gasteiger partial charge in [0.05, 0.1) is 11.0 Å². The molecule has 0 atom stereocenters. The molecule has 3 heterocycles. The Labute approximate surface area is 194 Å². The summed E-state index contributed by atoms with van der Waals surface area (Å²) in [7, 11) is 0. The minimum atomic E-state index is -0.918. The molecule has 0 unspecified atom stereocenters. The number of hydrogen-bond donors (Lipinski definition) is 1. The number of rotatable bonds is 6. The third kappa shape index (κ3) is 5.43. The second-order valence-electron chi connectivity index (χ2n) is 7.38. The molecule has 0 spiro atoms. The van der Waals surface area contributed by atoms with Gasteiger partial charge in [0.1, 0.15) is 18.2 Å². The van der Waals surface area contributed by atoms with E-state index >= 15 is 0 Å². The maximum Gasteiger partial charge on any atom is 0.407 e. The van der Waals surface area contributed by atoms with Gasteiger partial charge in [0.2, 0.25) is 11.8 Å². The first-order valence-electron chi connectivity index (χ1n) is 10.4. The summed E-state index contributed by atoms with van der Waals surface area (Å²) in [6.07, 6.45) is 3.16. The molecule has 2 aliphatic rings. The number of imide groups is 1. The number of nitrogens with zero attached hydrogens (tertiary/aromatic N) is 4. The number of carboxylic acid groups (broad SMARTS) is 1. The lowest BCUT2D eigenvalue weighted by Gasteiger charge is -2.29. The highest BCUT2D eigenvalue weighted by molar-refractivity contribution is 8.18. The number of ether oxygens (including phenoxy) is 2. The Bertz CT molecular complexity index is 1080. The van der Waals surface area contributed by atoms with Crippen molar-refractivity contribution in [2.24, 2.45) is 0 Å². The molecule has 33 heavy (non-hydrogen) atoms. The number of likely N-dealkylation sites (tertiary alicyclic amines) is 1. The van der Waals surface area contributed by atoms with Gasteiger partial charge >= 0.3 is 6.09 Å². The Kier molecular flexibility index (Phi) is 6.78. The molecule has 1 N–H and O–H groups in total. The van der Waals surface area contributed by atoms with Gasteiger partial charge in [-0.2, -0.15) is 0 Å². The van der Waals surface area contributed by atoms with Crippen LogP contribution in [-0.2, 0) is 4.79 Å². The average Bonchev–Trinajstić information content (AvgIpc) is 3.07. The van der Waals surface area contributed by atoms with Crippen LogP contribution in [0.3, 0.4) is 0 Å². The Morgan fingerprint density at radius 1 is 1.18 bits per heavy atom. The number of thioether (sulfide) groups is 1. The smallest absolute Gasteiger partial charge is 0.407 e. The van der Waals surface area contributed by atoms with Gasteiger partial charge < -0.3 is 19.5 Å². The molecule has 0 saturated carbocycles. The molecule has 172 valence electrons. The van der Waals surface area contributed by atoms with Crippen LogP contribution in [0.1, 0.15) is 25.3 Å². The predicted molar refractivity (Wildman–Crippen MR) is 120 cm³/mol. The molecule has 2 aliphatic heterocycles. The van der Waals surface area contributed by atoms with Crippen molar-refractivity contribution in [2.75, 3.05) is 19.6 Å². The molecule has 4 rings (SSSR count). The van der Waals surface area contributed by atoms with Crippen LogP contribution in [0, 0.1) is 0 Å². The fraction of sp³-hybridized carbons (Fsp3) is 0.318. The Balaban J connectivity index is 1.36. The molecule has 1 aromatic carbocycles. The maximum atomic E-state index is 12.2. The number of benzene rings is 1. The van der Waals surface area contributed by atoms with Crippen molar-refractivity contribution in [3.05, 3.63) is 47.1 Å². The van der Waals surface area contributed by atoms with E-state index in [-0.39, 0.29) is 17.3 Å². The maximum absolute atomic E-state index is 12.2. The summed E-state index contributed by atoms with van der Waals surface area (Å²) in [6, 6.07) is 8.62. The highest BCUT2D eigenvalue weighted by Gasteiger charge is 2.33. The molecule has 1 aromatic heterocycles. The van der Waals surface area contributed by atoms with Crippen molar-refractivity contribution >= 4 is 35.1 Å². The average molecular weight is 471 g/mol. The van der Waals surface area contributed by atoms with Crippen LogP contribution < -0.4 is 9.47 Å². The van der Waals surface area contributed by atoms with E-state index in [2.05, 4.69) is 9.97 Å². The van der Waals surface area contributed by atoms with Crippen molar-refractivity contribution < 1.29 is 29.0 Å². The Morgan fingerprint density at radius 3 is 2.52 bits per heavy atom. The summed E-state index contributed by atoms with van der Waals surface area (Å²) < 4.78 is 11.6. The second-order valence-corrected chi connectivity index (χ2v) is 8.37. The van der Waals surface area contributed by atoms with Crippen molar-refractivity contribution in [3.63, 3.8) is 0 Å². The molecule has 3 amide bonds. The third-order valence-electron chi connectivity index (χ3n) is 5.21. The normalized spacial score (nSPS) is 18.2. The zero-order valence-electron chi connectivity index (χ0n) is 17.8. The molecule has 2 fully saturated rings. The highest BCUT2D eigenvalue weighted by Crippen LogP contribution is 2.32. The van der Waals surface area contributed by atoms with Gasteiger partial charge in [-0.15, -0.1) is 0 Å².